The Balaban J connectivity index is 2.06. The summed E-state index contributed by atoms with van der Waals surface area (Å²) in [6.07, 6.45) is 1.47. The zero-order valence-electron chi connectivity index (χ0n) is 19.1. The topological polar surface area (TPSA) is 136 Å². The van der Waals surface area contributed by atoms with Crippen molar-refractivity contribution in [2.75, 3.05) is 21.3 Å². The summed E-state index contributed by atoms with van der Waals surface area (Å²) in [6.45, 7) is 3.66. The van der Waals surface area contributed by atoms with Crippen molar-refractivity contribution in [3.8, 4) is 23.0 Å². The monoisotopic (exact) mass is 457 g/mol. The van der Waals surface area contributed by atoms with E-state index in [0.29, 0.717) is 17.1 Å². The molecule has 3 rings (SSSR count). The van der Waals surface area contributed by atoms with Crippen LogP contribution in [0.15, 0.2) is 33.6 Å². The molecule has 10 heteroatoms. The van der Waals surface area contributed by atoms with Gasteiger partial charge in [0.15, 0.2) is 11.5 Å². The van der Waals surface area contributed by atoms with Crippen LogP contribution in [-0.4, -0.2) is 42.5 Å². The maximum Gasteiger partial charge on any atom is 0.343 e. The highest BCUT2D eigenvalue weighted by atomic mass is 16.5. The Morgan fingerprint density at radius 3 is 2.48 bits per heavy atom. The molecule has 2 heterocycles. The first-order valence-corrected chi connectivity index (χ1v) is 10.2. The number of aromatic nitrogens is 2. The van der Waals surface area contributed by atoms with Crippen LogP contribution in [0.3, 0.4) is 0 Å². The number of aryl methyl sites for hydroxylation is 2. The highest BCUT2D eigenvalue weighted by Gasteiger charge is 2.30. The summed E-state index contributed by atoms with van der Waals surface area (Å²) < 4.78 is 21.6. The van der Waals surface area contributed by atoms with Crippen LogP contribution >= 0.6 is 0 Å². The number of benzene rings is 1. The fourth-order valence-electron chi connectivity index (χ4n) is 3.70. The van der Waals surface area contributed by atoms with Crippen molar-refractivity contribution >= 4 is 5.91 Å². The number of H-pyrrole nitrogens is 1. The SMILES string of the molecule is COc1ccc(C(CC(=O)NCc2cn[nH]c2C)c2c(O)cc(C)oc2=O)c(OC)c1OC. The summed E-state index contributed by atoms with van der Waals surface area (Å²) in [5.41, 5.74) is 1.33. The molecule has 0 radical (unpaired) electrons. The van der Waals surface area contributed by atoms with Crippen molar-refractivity contribution < 1.29 is 28.5 Å². The van der Waals surface area contributed by atoms with E-state index in [4.69, 9.17) is 18.6 Å². The fraction of sp³-hybridized carbons (Fsp3) is 0.348. The molecule has 10 nitrogen and oxygen atoms in total. The lowest BCUT2D eigenvalue weighted by atomic mass is 9.87. The van der Waals surface area contributed by atoms with E-state index in [1.54, 1.807) is 25.3 Å². The van der Waals surface area contributed by atoms with Gasteiger partial charge in [0.1, 0.15) is 11.5 Å². The van der Waals surface area contributed by atoms with E-state index in [1.807, 2.05) is 6.92 Å². The van der Waals surface area contributed by atoms with E-state index in [-0.39, 0.29) is 41.7 Å². The summed E-state index contributed by atoms with van der Waals surface area (Å²) in [5, 5.41) is 20.2. The number of aromatic amines is 1. The Labute approximate surface area is 190 Å². The van der Waals surface area contributed by atoms with Crippen molar-refractivity contribution in [1.82, 2.24) is 15.5 Å². The van der Waals surface area contributed by atoms with E-state index < -0.39 is 11.5 Å². The van der Waals surface area contributed by atoms with Crippen LogP contribution in [0.1, 0.15) is 40.5 Å². The van der Waals surface area contributed by atoms with Gasteiger partial charge in [-0.3, -0.25) is 9.89 Å². The third-order valence-corrected chi connectivity index (χ3v) is 5.35. The zero-order valence-corrected chi connectivity index (χ0v) is 19.1. The van der Waals surface area contributed by atoms with Crippen LogP contribution in [0, 0.1) is 13.8 Å². The molecule has 1 unspecified atom stereocenters. The molecule has 2 aromatic heterocycles. The number of ether oxygens (including phenoxy) is 3. The summed E-state index contributed by atoms with van der Waals surface area (Å²) in [5.74, 6) is -0.272. The molecule has 1 aromatic carbocycles. The number of carbonyl (C=O) groups is 1. The van der Waals surface area contributed by atoms with Crippen molar-refractivity contribution in [1.29, 1.82) is 0 Å². The number of hydrogen-bond acceptors (Lipinski definition) is 8. The third-order valence-electron chi connectivity index (χ3n) is 5.35. The molecule has 0 fully saturated rings. The predicted molar refractivity (Wildman–Crippen MR) is 119 cm³/mol. The van der Waals surface area contributed by atoms with E-state index in [2.05, 4.69) is 15.5 Å². The van der Waals surface area contributed by atoms with Gasteiger partial charge < -0.3 is 29.1 Å². The number of aromatic hydroxyl groups is 1. The molecule has 1 amide bonds. The molecular formula is C23H27N3O7. The molecule has 0 aliphatic heterocycles. The number of nitrogens with one attached hydrogen (secondary N) is 2. The first-order valence-electron chi connectivity index (χ1n) is 10.2. The molecule has 176 valence electrons. The van der Waals surface area contributed by atoms with Gasteiger partial charge in [0.25, 0.3) is 0 Å². The lowest BCUT2D eigenvalue weighted by Gasteiger charge is -2.22. The number of carbonyl (C=O) groups excluding carboxylic acids is 1. The van der Waals surface area contributed by atoms with Crippen LogP contribution in [-0.2, 0) is 11.3 Å². The fourth-order valence-corrected chi connectivity index (χ4v) is 3.70. The number of rotatable bonds is 9. The lowest BCUT2D eigenvalue weighted by Crippen LogP contribution is -2.27. The molecule has 0 saturated heterocycles. The summed E-state index contributed by atoms with van der Waals surface area (Å²) in [4.78, 5) is 25.7. The molecule has 1 atom stereocenters. The van der Waals surface area contributed by atoms with Crippen LogP contribution < -0.4 is 25.2 Å². The Hall–Kier alpha value is -3.95. The van der Waals surface area contributed by atoms with Crippen LogP contribution in [0.2, 0.25) is 0 Å². The normalized spacial score (nSPS) is 11.7. The van der Waals surface area contributed by atoms with E-state index >= 15 is 0 Å². The number of nitrogens with zero attached hydrogens (tertiary/aromatic N) is 1. The third kappa shape index (κ3) is 4.94. The highest BCUT2D eigenvalue weighted by molar-refractivity contribution is 5.78. The smallest absolute Gasteiger partial charge is 0.343 e. The summed E-state index contributed by atoms with van der Waals surface area (Å²) in [6, 6.07) is 4.64. The maximum atomic E-state index is 12.9. The van der Waals surface area contributed by atoms with Crippen molar-refractivity contribution in [3.05, 3.63) is 63.0 Å². The average Bonchev–Trinajstić information content (AvgIpc) is 3.19. The van der Waals surface area contributed by atoms with E-state index in [0.717, 1.165) is 11.3 Å². The molecule has 33 heavy (non-hydrogen) atoms. The first kappa shape index (κ1) is 23.7. The number of amides is 1. The minimum Gasteiger partial charge on any atom is -0.507 e. The quantitative estimate of drug-likeness (QED) is 0.446. The van der Waals surface area contributed by atoms with E-state index in [1.165, 1.54) is 27.4 Å². The second-order valence-electron chi connectivity index (χ2n) is 7.42. The van der Waals surface area contributed by atoms with Gasteiger partial charge in [0.05, 0.1) is 33.1 Å². The standard InChI is InChI=1S/C23H27N3O7/c1-12-8-17(27)20(23(29)33-12)16(9-19(28)24-10-14-11-25-26-13(14)2)15-6-7-18(30-3)22(32-5)21(15)31-4/h6-8,11,16,27H,9-10H2,1-5H3,(H,24,28)(H,25,26). The number of hydrogen-bond donors (Lipinski definition) is 3. The van der Waals surface area contributed by atoms with Crippen molar-refractivity contribution in [2.45, 2.75) is 32.7 Å². The molecule has 0 aliphatic carbocycles. The molecule has 3 N–H and O–H groups in total. The van der Waals surface area contributed by atoms with Gasteiger partial charge in [0, 0.05) is 41.8 Å². The van der Waals surface area contributed by atoms with Gasteiger partial charge >= 0.3 is 5.63 Å². The van der Waals surface area contributed by atoms with Gasteiger partial charge in [-0.05, 0) is 19.9 Å². The van der Waals surface area contributed by atoms with Crippen molar-refractivity contribution in [3.63, 3.8) is 0 Å². The minimum absolute atomic E-state index is 0.0549. The van der Waals surface area contributed by atoms with Gasteiger partial charge in [0.2, 0.25) is 11.7 Å². The maximum absolute atomic E-state index is 12.9. The molecule has 3 aromatic rings. The Kier molecular flexibility index (Phi) is 7.27. The Morgan fingerprint density at radius 1 is 1.18 bits per heavy atom. The largest absolute Gasteiger partial charge is 0.507 e. The molecule has 0 aliphatic rings. The van der Waals surface area contributed by atoms with Crippen LogP contribution in [0.4, 0.5) is 0 Å². The Bertz CT molecular complexity index is 1200. The van der Waals surface area contributed by atoms with Crippen molar-refractivity contribution in [2.24, 2.45) is 0 Å². The van der Waals surface area contributed by atoms with Gasteiger partial charge in [-0.15, -0.1) is 0 Å². The molecular weight excluding hydrogens is 430 g/mol. The average molecular weight is 457 g/mol. The zero-order chi connectivity index (χ0) is 24.1. The second-order valence-corrected chi connectivity index (χ2v) is 7.42. The molecule has 0 spiro atoms. The van der Waals surface area contributed by atoms with Gasteiger partial charge in [-0.25, -0.2) is 4.79 Å². The molecule has 0 saturated carbocycles. The second kappa shape index (κ2) is 10.1. The van der Waals surface area contributed by atoms with E-state index in [9.17, 15) is 14.7 Å². The highest BCUT2D eigenvalue weighted by Crippen LogP contribution is 2.45. The number of methoxy groups -OCH3 is 3. The van der Waals surface area contributed by atoms with Gasteiger partial charge in [-0.1, -0.05) is 6.07 Å². The van der Waals surface area contributed by atoms with Crippen LogP contribution in [0.5, 0.6) is 23.0 Å². The van der Waals surface area contributed by atoms with Crippen LogP contribution in [0.25, 0.3) is 0 Å². The molecule has 0 bridgehead atoms. The predicted octanol–water partition coefficient (Wildman–Crippen LogP) is 2.55. The summed E-state index contributed by atoms with van der Waals surface area (Å²) in [7, 11) is 4.38. The minimum atomic E-state index is -0.887. The van der Waals surface area contributed by atoms with Gasteiger partial charge in [-0.2, -0.15) is 5.10 Å². The summed E-state index contributed by atoms with van der Waals surface area (Å²) >= 11 is 0. The lowest BCUT2D eigenvalue weighted by molar-refractivity contribution is -0.121. The Morgan fingerprint density at radius 2 is 1.91 bits per heavy atom. The first-order chi connectivity index (χ1) is 15.8.